The molecule has 0 aromatic heterocycles. The minimum absolute atomic E-state index is 0.0686. The summed E-state index contributed by atoms with van der Waals surface area (Å²) in [5.74, 6) is -1.59. The molecule has 2 aromatic rings. The number of aromatic carboxylic acids is 1. The summed E-state index contributed by atoms with van der Waals surface area (Å²) < 4.78 is 0.415. The fourth-order valence-corrected chi connectivity index (χ4v) is 2.17. The maximum absolute atomic E-state index is 10.9. The normalized spacial score (nSPS) is 10.8. The summed E-state index contributed by atoms with van der Waals surface area (Å²) in [5.41, 5.74) is 0.109. The Balaban J connectivity index is 2.40. The third-order valence-corrected chi connectivity index (χ3v) is 3.18. The van der Waals surface area contributed by atoms with Crippen molar-refractivity contribution in [2.75, 3.05) is 0 Å². The van der Waals surface area contributed by atoms with E-state index in [1.54, 1.807) is 6.07 Å². The Bertz CT molecular complexity index is 789. The van der Waals surface area contributed by atoms with Crippen LogP contribution in [-0.2, 0) is 0 Å². The number of phenolic OH excluding ortho intramolecular Hbond substituents is 1. The van der Waals surface area contributed by atoms with Crippen molar-refractivity contribution in [2.24, 2.45) is 4.99 Å². The molecule has 0 unspecified atom stereocenters. The average Bonchev–Trinajstić information content (AvgIpc) is 2.47. The highest BCUT2D eigenvalue weighted by molar-refractivity contribution is 9.10. The quantitative estimate of drug-likeness (QED) is 0.489. The Morgan fingerprint density at radius 1 is 1.32 bits per heavy atom. The van der Waals surface area contributed by atoms with Crippen LogP contribution in [0.2, 0.25) is 0 Å². The molecule has 0 atom stereocenters. The smallest absolute Gasteiger partial charge is 0.335 e. The number of aromatic hydroxyl groups is 1. The van der Waals surface area contributed by atoms with Gasteiger partial charge in [0.15, 0.2) is 0 Å². The molecule has 0 aliphatic carbocycles. The number of hydrogen-bond acceptors (Lipinski definition) is 5. The maximum Gasteiger partial charge on any atom is 0.335 e. The number of nitro benzene ring substituents is 1. The lowest BCUT2D eigenvalue weighted by Gasteiger charge is -2.02. The topological polar surface area (TPSA) is 113 Å². The van der Waals surface area contributed by atoms with E-state index in [4.69, 9.17) is 5.11 Å². The number of carboxylic acids is 1. The Kier molecular flexibility index (Phi) is 4.52. The number of carboxylic acid groups (broad SMARTS) is 1. The molecule has 0 spiro atoms. The van der Waals surface area contributed by atoms with Crippen molar-refractivity contribution < 1.29 is 19.9 Å². The lowest BCUT2D eigenvalue weighted by Crippen LogP contribution is -1.94. The number of phenols is 1. The van der Waals surface area contributed by atoms with E-state index >= 15 is 0 Å². The van der Waals surface area contributed by atoms with Crippen molar-refractivity contribution in [1.29, 1.82) is 0 Å². The zero-order valence-corrected chi connectivity index (χ0v) is 12.5. The third-order valence-electron chi connectivity index (χ3n) is 2.73. The van der Waals surface area contributed by atoms with Gasteiger partial charge in [0, 0.05) is 22.3 Å². The van der Waals surface area contributed by atoms with Crippen molar-refractivity contribution in [2.45, 2.75) is 0 Å². The molecule has 0 bridgehead atoms. The van der Waals surface area contributed by atoms with E-state index in [1.807, 2.05) is 0 Å². The lowest BCUT2D eigenvalue weighted by atomic mass is 10.2. The average molecular weight is 365 g/mol. The highest BCUT2D eigenvalue weighted by Gasteiger charge is 2.17. The summed E-state index contributed by atoms with van der Waals surface area (Å²) in [6.45, 7) is 0. The minimum atomic E-state index is -1.09. The first-order valence-electron chi connectivity index (χ1n) is 5.93. The number of nitro groups is 1. The number of carbonyl (C=O) groups is 1. The van der Waals surface area contributed by atoms with Gasteiger partial charge in [-0.1, -0.05) is 22.0 Å². The monoisotopic (exact) mass is 364 g/mol. The second-order valence-corrected chi connectivity index (χ2v) is 5.15. The van der Waals surface area contributed by atoms with Crippen LogP contribution in [0.1, 0.15) is 15.9 Å². The van der Waals surface area contributed by atoms with Gasteiger partial charge in [0.2, 0.25) is 5.75 Å². The summed E-state index contributed by atoms with van der Waals surface area (Å²) in [4.78, 5) is 25.0. The number of nitrogens with zero attached hydrogens (tertiary/aromatic N) is 2. The number of benzene rings is 2. The van der Waals surface area contributed by atoms with Gasteiger partial charge in [0.05, 0.1) is 16.2 Å². The first kappa shape index (κ1) is 15.6. The zero-order valence-electron chi connectivity index (χ0n) is 10.9. The lowest BCUT2D eigenvalue weighted by molar-refractivity contribution is -0.385. The van der Waals surface area contributed by atoms with Crippen molar-refractivity contribution in [3.8, 4) is 5.75 Å². The predicted octanol–water partition coefficient (Wildman–Crippen LogP) is 3.51. The molecule has 8 heteroatoms. The van der Waals surface area contributed by atoms with E-state index in [9.17, 15) is 20.0 Å². The van der Waals surface area contributed by atoms with Crippen LogP contribution < -0.4 is 0 Å². The third kappa shape index (κ3) is 3.47. The molecule has 2 rings (SSSR count). The number of rotatable bonds is 4. The molecule has 0 fully saturated rings. The molecule has 0 saturated carbocycles. The van der Waals surface area contributed by atoms with Gasteiger partial charge < -0.3 is 10.2 Å². The summed E-state index contributed by atoms with van der Waals surface area (Å²) >= 11 is 3.12. The van der Waals surface area contributed by atoms with Crippen LogP contribution in [-0.4, -0.2) is 27.3 Å². The molecular formula is C14H9BrN2O5. The molecule has 0 heterocycles. The molecule has 0 amide bonds. The largest absolute Gasteiger partial charge is 0.502 e. The second-order valence-electron chi connectivity index (χ2n) is 4.23. The fraction of sp³-hybridized carbons (Fsp3) is 0. The van der Waals surface area contributed by atoms with Crippen LogP contribution in [0, 0.1) is 10.1 Å². The Morgan fingerprint density at radius 3 is 2.68 bits per heavy atom. The standard InChI is InChI=1S/C14H9BrN2O5/c15-10-4-9(13(18)12(6-10)17(21)22)7-16-11-3-1-2-8(5-11)14(19)20/h1-7,18H,(H,19,20). The van der Waals surface area contributed by atoms with E-state index in [2.05, 4.69) is 20.9 Å². The summed E-state index contributed by atoms with van der Waals surface area (Å²) in [6.07, 6.45) is 1.23. The molecule has 0 aliphatic rings. The highest BCUT2D eigenvalue weighted by Crippen LogP contribution is 2.32. The Morgan fingerprint density at radius 2 is 2.05 bits per heavy atom. The van der Waals surface area contributed by atoms with Crippen molar-refractivity contribution in [1.82, 2.24) is 0 Å². The van der Waals surface area contributed by atoms with Gasteiger partial charge in [-0.25, -0.2) is 4.79 Å². The van der Waals surface area contributed by atoms with E-state index in [-0.39, 0.29) is 11.1 Å². The van der Waals surface area contributed by atoms with E-state index in [1.165, 1.54) is 36.5 Å². The molecule has 0 radical (unpaired) electrons. The van der Waals surface area contributed by atoms with Gasteiger partial charge in [-0.05, 0) is 24.3 Å². The van der Waals surface area contributed by atoms with E-state index < -0.39 is 22.3 Å². The van der Waals surface area contributed by atoms with Crippen LogP contribution in [0.4, 0.5) is 11.4 Å². The van der Waals surface area contributed by atoms with Crippen LogP contribution in [0.3, 0.4) is 0 Å². The molecule has 0 aliphatic heterocycles. The van der Waals surface area contributed by atoms with E-state index in [0.717, 1.165) is 0 Å². The van der Waals surface area contributed by atoms with Gasteiger partial charge in [0.1, 0.15) is 0 Å². The summed E-state index contributed by atoms with van der Waals surface area (Å²) in [7, 11) is 0. The van der Waals surface area contributed by atoms with Gasteiger partial charge in [-0.15, -0.1) is 0 Å². The Labute approximate surface area is 132 Å². The van der Waals surface area contributed by atoms with Crippen LogP contribution >= 0.6 is 15.9 Å². The molecule has 112 valence electrons. The first-order chi connectivity index (χ1) is 10.4. The predicted molar refractivity (Wildman–Crippen MR) is 83.1 cm³/mol. The van der Waals surface area contributed by atoms with Crippen LogP contribution in [0.25, 0.3) is 0 Å². The number of halogens is 1. The van der Waals surface area contributed by atoms with Crippen molar-refractivity contribution >= 4 is 39.5 Å². The Hall–Kier alpha value is -2.74. The number of hydrogen-bond donors (Lipinski definition) is 2. The molecule has 0 saturated heterocycles. The zero-order chi connectivity index (χ0) is 16.3. The summed E-state index contributed by atoms with van der Waals surface area (Å²) in [5, 5.41) is 29.6. The fourth-order valence-electron chi connectivity index (χ4n) is 1.71. The van der Waals surface area contributed by atoms with Crippen LogP contribution in [0.15, 0.2) is 45.9 Å². The van der Waals surface area contributed by atoms with Crippen molar-refractivity contribution in [3.05, 3.63) is 62.1 Å². The van der Waals surface area contributed by atoms with Crippen LogP contribution in [0.5, 0.6) is 5.75 Å². The van der Waals surface area contributed by atoms with Crippen molar-refractivity contribution in [3.63, 3.8) is 0 Å². The second kappa shape index (κ2) is 6.35. The van der Waals surface area contributed by atoms with Gasteiger partial charge in [-0.3, -0.25) is 15.1 Å². The van der Waals surface area contributed by atoms with Gasteiger partial charge in [0.25, 0.3) is 0 Å². The number of aliphatic imine (C=N–C) groups is 1. The maximum atomic E-state index is 10.9. The SMILES string of the molecule is O=C(O)c1cccc(N=Cc2cc(Br)cc([N+](=O)[O-])c2O)c1. The molecule has 2 aromatic carbocycles. The van der Waals surface area contributed by atoms with Gasteiger partial charge in [-0.2, -0.15) is 0 Å². The molecule has 22 heavy (non-hydrogen) atoms. The first-order valence-corrected chi connectivity index (χ1v) is 6.72. The highest BCUT2D eigenvalue weighted by atomic mass is 79.9. The van der Waals surface area contributed by atoms with E-state index in [0.29, 0.717) is 10.2 Å². The molecule has 2 N–H and O–H groups in total. The minimum Gasteiger partial charge on any atom is -0.502 e. The molecule has 7 nitrogen and oxygen atoms in total. The molecular weight excluding hydrogens is 356 g/mol. The summed E-state index contributed by atoms with van der Waals surface area (Å²) in [6, 6.07) is 8.52. The van der Waals surface area contributed by atoms with Gasteiger partial charge >= 0.3 is 11.7 Å².